The highest BCUT2D eigenvalue weighted by molar-refractivity contribution is 7.15. The number of fused-ring (bicyclic) bond motifs is 5. The number of ether oxygens (including phenoxy) is 1. The Morgan fingerprint density at radius 1 is 1.11 bits per heavy atom. The zero-order valence-electron chi connectivity index (χ0n) is 20.9. The lowest BCUT2D eigenvalue weighted by Crippen LogP contribution is -2.42. The fourth-order valence-electron chi connectivity index (χ4n) is 5.40. The van der Waals surface area contributed by atoms with Gasteiger partial charge in [0.2, 0.25) is 0 Å². The minimum atomic E-state index is -0.306. The topological polar surface area (TPSA) is 49.7 Å². The van der Waals surface area contributed by atoms with Gasteiger partial charge in [-0.1, -0.05) is 24.3 Å². The average molecular weight is 517 g/mol. The molecule has 2 aromatic carbocycles. The summed E-state index contributed by atoms with van der Waals surface area (Å²) in [6.45, 7) is 2.76. The summed E-state index contributed by atoms with van der Waals surface area (Å²) in [4.78, 5) is 19.6. The van der Waals surface area contributed by atoms with Crippen LogP contribution < -0.4 is 10.1 Å². The number of carbonyl (C=O) groups excluding carboxylic acids is 1. The number of benzene rings is 2. The molecule has 0 aliphatic carbocycles. The maximum Gasteiger partial charge on any atom is 0.318 e. The molecule has 0 saturated heterocycles. The van der Waals surface area contributed by atoms with Crippen LogP contribution in [-0.4, -0.2) is 41.1 Å². The largest absolute Gasteiger partial charge is 0.497 e. The maximum absolute atomic E-state index is 13.9. The lowest BCUT2D eigenvalue weighted by atomic mass is 10.00. The van der Waals surface area contributed by atoms with Crippen molar-refractivity contribution in [1.82, 2.24) is 19.7 Å². The molecular formula is C29H29FN4O2S. The first kappa shape index (κ1) is 23.8. The highest BCUT2D eigenvalue weighted by Crippen LogP contribution is 2.43. The number of halogens is 1. The molecule has 0 unspecified atom stereocenters. The Morgan fingerprint density at radius 2 is 1.95 bits per heavy atom. The number of aromatic nitrogens is 1. The van der Waals surface area contributed by atoms with Crippen LogP contribution in [-0.2, 0) is 26.1 Å². The van der Waals surface area contributed by atoms with Crippen LogP contribution in [0.2, 0.25) is 0 Å². The van der Waals surface area contributed by atoms with E-state index >= 15 is 0 Å². The van der Waals surface area contributed by atoms with E-state index in [2.05, 4.69) is 46.2 Å². The predicted octanol–water partition coefficient (Wildman–Crippen LogP) is 5.49. The fourth-order valence-corrected chi connectivity index (χ4v) is 6.84. The van der Waals surface area contributed by atoms with Crippen LogP contribution in [0, 0.1) is 5.82 Å². The van der Waals surface area contributed by atoms with Gasteiger partial charge in [0, 0.05) is 36.3 Å². The highest BCUT2D eigenvalue weighted by Gasteiger charge is 2.36. The molecule has 0 spiro atoms. The van der Waals surface area contributed by atoms with E-state index in [0.717, 1.165) is 42.1 Å². The van der Waals surface area contributed by atoms with Crippen LogP contribution >= 0.6 is 11.3 Å². The van der Waals surface area contributed by atoms with Crippen molar-refractivity contribution in [2.75, 3.05) is 20.7 Å². The molecule has 6 rings (SSSR count). The Balaban J connectivity index is 1.43. The quantitative estimate of drug-likeness (QED) is 0.390. The number of methoxy groups -OCH3 is 1. The highest BCUT2D eigenvalue weighted by atomic mass is 32.1. The van der Waals surface area contributed by atoms with Gasteiger partial charge in [0.1, 0.15) is 16.6 Å². The van der Waals surface area contributed by atoms with Crippen molar-refractivity contribution in [2.45, 2.75) is 32.1 Å². The molecular weight excluding hydrogens is 487 g/mol. The van der Waals surface area contributed by atoms with Gasteiger partial charge in [-0.3, -0.25) is 0 Å². The van der Waals surface area contributed by atoms with Gasteiger partial charge in [0.25, 0.3) is 0 Å². The lowest BCUT2D eigenvalue weighted by Gasteiger charge is -2.32. The number of hydrogen-bond acceptors (Lipinski definition) is 4. The number of carbonyl (C=O) groups is 1. The van der Waals surface area contributed by atoms with Crippen molar-refractivity contribution in [2.24, 2.45) is 0 Å². The summed E-state index contributed by atoms with van der Waals surface area (Å²) in [5.74, 6) is 0.462. The second-order valence-electron chi connectivity index (χ2n) is 9.67. The van der Waals surface area contributed by atoms with Crippen LogP contribution in [0.1, 0.15) is 38.9 Å². The molecule has 1 N–H and O–H groups in total. The van der Waals surface area contributed by atoms with Gasteiger partial charge >= 0.3 is 6.03 Å². The van der Waals surface area contributed by atoms with Crippen LogP contribution in [0.5, 0.6) is 5.75 Å². The minimum absolute atomic E-state index is 0.161. The Labute approximate surface area is 219 Å². The van der Waals surface area contributed by atoms with E-state index in [9.17, 15) is 9.18 Å². The molecule has 0 saturated carbocycles. The predicted molar refractivity (Wildman–Crippen MR) is 143 cm³/mol. The third-order valence-corrected chi connectivity index (χ3v) is 8.54. The molecule has 2 aliphatic rings. The number of nitrogens with one attached hydrogen (secondary N) is 1. The first-order valence-corrected chi connectivity index (χ1v) is 13.3. The number of amides is 2. The summed E-state index contributed by atoms with van der Waals surface area (Å²) in [6, 6.07) is 17.9. The molecule has 0 bridgehead atoms. The molecule has 4 heterocycles. The number of rotatable bonds is 4. The summed E-state index contributed by atoms with van der Waals surface area (Å²) in [5, 5.41) is 4.29. The first-order chi connectivity index (χ1) is 18.0. The monoisotopic (exact) mass is 516 g/mol. The summed E-state index contributed by atoms with van der Waals surface area (Å²) in [7, 11) is 3.81. The van der Waals surface area contributed by atoms with Crippen LogP contribution in [0.3, 0.4) is 0 Å². The first-order valence-electron chi connectivity index (χ1n) is 12.4. The molecule has 1 atom stereocenters. The molecule has 190 valence electrons. The number of hydrogen-bond donors (Lipinski definition) is 1. The van der Waals surface area contributed by atoms with E-state index in [4.69, 9.17) is 4.74 Å². The second-order valence-corrected chi connectivity index (χ2v) is 10.8. The van der Waals surface area contributed by atoms with Crippen LogP contribution in [0.25, 0.3) is 5.00 Å². The van der Waals surface area contributed by atoms with Gasteiger partial charge in [-0.05, 0) is 66.6 Å². The zero-order valence-corrected chi connectivity index (χ0v) is 21.7. The van der Waals surface area contributed by atoms with Gasteiger partial charge in [-0.25, -0.2) is 9.18 Å². The fraction of sp³-hybridized carbons (Fsp3) is 0.276. The SMILES string of the molecule is COc1cccc([C@H]2c3cccn3-c3sc4c(c3CN2C(=O)NCc2ccc(F)cc2)CCN(C)C4)c1. The Kier molecular flexibility index (Phi) is 6.22. The van der Waals surface area contributed by atoms with E-state index in [0.29, 0.717) is 13.1 Å². The molecule has 2 amide bonds. The molecule has 37 heavy (non-hydrogen) atoms. The summed E-state index contributed by atoms with van der Waals surface area (Å²) >= 11 is 1.84. The average Bonchev–Trinajstić information content (AvgIpc) is 3.49. The molecule has 8 heteroatoms. The van der Waals surface area contributed by atoms with Crippen molar-refractivity contribution >= 4 is 17.4 Å². The van der Waals surface area contributed by atoms with Gasteiger partial charge < -0.3 is 24.4 Å². The van der Waals surface area contributed by atoms with Gasteiger partial charge in [0.15, 0.2) is 0 Å². The van der Waals surface area contributed by atoms with Crippen molar-refractivity contribution < 1.29 is 13.9 Å². The summed E-state index contributed by atoms with van der Waals surface area (Å²) in [5.41, 5.74) is 5.48. The third-order valence-electron chi connectivity index (χ3n) is 7.28. The standard InChI is InChI=1S/C29H29FN4O2S/c1-32-14-12-23-24-17-34(29(35)31-16-19-8-10-21(30)11-9-19)27(20-5-3-6-22(15-20)36-2)25-7-4-13-33(25)28(24)37-26(23)18-32/h3-11,13,15,27H,12,14,16-18H2,1-2H3,(H,31,35)/t27-/m0/s1. The van der Waals surface area contributed by atoms with E-state index in [1.54, 1.807) is 19.2 Å². The number of thiophene rings is 1. The van der Waals surface area contributed by atoms with Crippen molar-refractivity contribution in [3.63, 3.8) is 0 Å². The number of nitrogens with zero attached hydrogens (tertiary/aromatic N) is 3. The Morgan fingerprint density at radius 3 is 2.76 bits per heavy atom. The molecule has 0 radical (unpaired) electrons. The van der Waals surface area contributed by atoms with E-state index < -0.39 is 0 Å². The zero-order chi connectivity index (χ0) is 25.5. The lowest BCUT2D eigenvalue weighted by molar-refractivity contribution is 0.179. The van der Waals surface area contributed by atoms with Crippen LogP contribution in [0.15, 0.2) is 66.9 Å². The molecule has 6 nitrogen and oxygen atoms in total. The second kappa shape index (κ2) is 9.68. The minimum Gasteiger partial charge on any atom is -0.497 e. The van der Waals surface area contributed by atoms with E-state index in [-0.39, 0.29) is 17.9 Å². The number of urea groups is 1. The molecule has 0 fully saturated rings. The third kappa shape index (κ3) is 4.40. The van der Waals surface area contributed by atoms with Crippen molar-refractivity contribution in [3.8, 4) is 10.8 Å². The molecule has 4 aromatic rings. The van der Waals surface area contributed by atoms with E-state index in [1.165, 1.54) is 33.1 Å². The number of likely N-dealkylation sites (N-methyl/N-ethyl adjacent to an activating group) is 1. The smallest absolute Gasteiger partial charge is 0.318 e. The maximum atomic E-state index is 13.9. The molecule has 2 aliphatic heterocycles. The van der Waals surface area contributed by atoms with Crippen LogP contribution in [0.4, 0.5) is 9.18 Å². The summed E-state index contributed by atoms with van der Waals surface area (Å²) < 4.78 is 21.2. The van der Waals surface area contributed by atoms with Gasteiger partial charge in [-0.15, -0.1) is 11.3 Å². The normalized spacial score (nSPS) is 16.9. The van der Waals surface area contributed by atoms with Gasteiger partial charge in [-0.2, -0.15) is 0 Å². The van der Waals surface area contributed by atoms with Crippen molar-refractivity contribution in [1.29, 1.82) is 0 Å². The Bertz CT molecular complexity index is 1440. The van der Waals surface area contributed by atoms with Crippen molar-refractivity contribution in [3.05, 3.63) is 106 Å². The summed E-state index contributed by atoms with van der Waals surface area (Å²) in [6.07, 6.45) is 3.08. The molecule has 2 aromatic heterocycles. The Hall–Kier alpha value is -3.62. The van der Waals surface area contributed by atoms with Gasteiger partial charge in [0.05, 0.1) is 25.4 Å². The van der Waals surface area contributed by atoms with E-state index in [1.807, 2.05) is 34.4 Å².